The fraction of sp³-hybridized carbons (Fsp3) is 0.778. The van der Waals surface area contributed by atoms with Crippen molar-refractivity contribution >= 4 is 11.8 Å². The maximum atomic E-state index is 12.5. The lowest BCUT2D eigenvalue weighted by atomic mass is 9.95. The highest BCUT2D eigenvalue weighted by atomic mass is 16.7. The summed E-state index contributed by atoms with van der Waals surface area (Å²) in [5, 5.41) is 10.2. The van der Waals surface area contributed by atoms with E-state index in [2.05, 4.69) is 0 Å². The molecule has 1 aliphatic rings. The molecular weight excluding hydrogens is 312 g/mol. The fourth-order valence-electron chi connectivity index (χ4n) is 2.20. The molecule has 0 radical (unpaired) electrons. The molecule has 0 saturated carbocycles. The normalized spacial score (nSPS) is 23.2. The number of rotatable bonds is 7. The number of ether oxygens (including phenoxy) is 3. The second-order valence-electron chi connectivity index (χ2n) is 7.32. The van der Waals surface area contributed by atoms with Gasteiger partial charge >= 0.3 is 5.97 Å². The topological polar surface area (TPSA) is 82.1 Å². The van der Waals surface area contributed by atoms with Crippen LogP contribution in [0, 0.1) is 5.41 Å². The third-order valence-electron chi connectivity index (χ3n) is 3.50. The first-order valence-corrected chi connectivity index (χ1v) is 8.48. The molecule has 0 fully saturated rings. The molecule has 0 bridgehead atoms. The Hall–Kier alpha value is -1.24. The van der Waals surface area contributed by atoms with E-state index in [1.54, 1.807) is 20.8 Å². The minimum Gasteiger partial charge on any atom is -0.462 e. The molecule has 1 heterocycles. The Morgan fingerprint density at radius 3 is 2.50 bits per heavy atom. The SMILES string of the molecule is CCC[C@@H](O)C1=C[C@@H](OC(C)C)O[C@H](COC(=O)C(C)(C)C)C1=O. The van der Waals surface area contributed by atoms with Crippen LogP contribution in [0.1, 0.15) is 54.4 Å². The van der Waals surface area contributed by atoms with Crippen LogP contribution in [0.5, 0.6) is 0 Å². The molecule has 0 aromatic rings. The molecule has 1 aliphatic heterocycles. The summed E-state index contributed by atoms with van der Waals surface area (Å²) in [5.41, 5.74) is -0.392. The third kappa shape index (κ3) is 6.00. The Morgan fingerprint density at radius 1 is 1.38 bits per heavy atom. The lowest BCUT2D eigenvalue weighted by Gasteiger charge is -2.31. The Balaban J connectivity index is 2.87. The van der Waals surface area contributed by atoms with Crippen molar-refractivity contribution in [3.8, 4) is 0 Å². The molecule has 0 amide bonds. The van der Waals surface area contributed by atoms with Gasteiger partial charge in [0.2, 0.25) is 0 Å². The minimum absolute atomic E-state index is 0.109. The highest BCUT2D eigenvalue weighted by Gasteiger charge is 2.36. The van der Waals surface area contributed by atoms with Gasteiger partial charge in [-0.15, -0.1) is 0 Å². The van der Waals surface area contributed by atoms with Crippen LogP contribution >= 0.6 is 0 Å². The zero-order valence-electron chi connectivity index (χ0n) is 15.5. The Morgan fingerprint density at radius 2 is 2.00 bits per heavy atom. The molecule has 1 rings (SSSR count). The summed E-state index contributed by atoms with van der Waals surface area (Å²) < 4.78 is 16.4. The van der Waals surface area contributed by atoms with Crippen LogP contribution in [0.4, 0.5) is 0 Å². The van der Waals surface area contributed by atoms with Crippen molar-refractivity contribution in [2.24, 2.45) is 5.41 Å². The molecule has 0 spiro atoms. The summed E-state index contributed by atoms with van der Waals surface area (Å²) in [6, 6.07) is 0. The molecule has 24 heavy (non-hydrogen) atoms. The Kier molecular flexibility index (Phi) is 7.57. The number of aliphatic hydroxyl groups excluding tert-OH is 1. The number of Topliss-reactive ketones (excluding diaryl/α,β-unsaturated/α-hetero) is 1. The molecule has 6 nitrogen and oxygen atoms in total. The van der Waals surface area contributed by atoms with E-state index >= 15 is 0 Å². The lowest BCUT2D eigenvalue weighted by molar-refractivity contribution is -0.189. The van der Waals surface area contributed by atoms with Gasteiger partial charge in [-0.1, -0.05) is 13.3 Å². The summed E-state index contributed by atoms with van der Waals surface area (Å²) in [6.07, 6.45) is 0.0402. The van der Waals surface area contributed by atoms with Gasteiger partial charge in [0.15, 0.2) is 18.2 Å². The highest BCUT2D eigenvalue weighted by Crippen LogP contribution is 2.24. The van der Waals surface area contributed by atoms with Crippen molar-refractivity contribution in [2.75, 3.05) is 6.61 Å². The number of ketones is 1. The highest BCUT2D eigenvalue weighted by molar-refractivity contribution is 6.00. The van der Waals surface area contributed by atoms with Crippen LogP contribution in [-0.2, 0) is 23.8 Å². The van der Waals surface area contributed by atoms with Gasteiger partial charge in [0.1, 0.15) is 6.61 Å². The van der Waals surface area contributed by atoms with Gasteiger partial charge in [0.25, 0.3) is 0 Å². The number of aliphatic hydroxyl groups is 1. The van der Waals surface area contributed by atoms with Crippen LogP contribution in [0.15, 0.2) is 11.6 Å². The summed E-state index contributed by atoms with van der Waals surface area (Å²) in [4.78, 5) is 24.4. The zero-order valence-corrected chi connectivity index (χ0v) is 15.5. The van der Waals surface area contributed by atoms with Crippen molar-refractivity contribution in [1.29, 1.82) is 0 Å². The van der Waals surface area contributed by atoms with Crippen molar-refractivity contribution in [3.63, 3.8) is 0 Å². The fourth-order valence-corrected chi connectivity index (χ4v) is 2.20. The predicted octanol–water partition coefficient (Wildman–Crippen LogP) is 2.38. The second-order valence-corrected chi connectivity index (χ2v) is 7.32. The summed E-state index contributed by atoms with van der Waals surface area (Å²) in [7, 11) is 0. The number of hydrogen-bond donors (Lipinski definition) is 1. The third-order valence-corrected chi connectivity index (χ3v) is 3.50. The van der Waals surface area contributed by atoms with Gasteiger partial charge in [-0.25, -0.2) is 0 Å². The average Bonchev–Trinajstić information content (AvgIpc) is 2.45. The quantitative estimate of drug-likeness (QED) is 0.715. The molecule has 1 N–H and O–H groups in total. The zero-order chi connectivity index (χ0) is 18.5. The van der Waals surface area contributed by atoms with Crippen molar-refractivity contribution in [3.05, 3.63) is 11.6 Å². The summed E-state index contributed by atoms with van der Waals surface area (Å²) in [6.45, 7) is 10.6. The first kappa shape index (κ1) is 20.8. The van der Waals surface area contributed by atoms with E-state index in [1.165, 1.54) is 6.08 Å². The van der Waals surface area contributed by atoms with Crippen molar-refractivity contribution in [2.45, 2.75) is 79.0 Å². The minimum atomic E-state index is -0.966. The van der Waals surface area contributed by atoms with E-state index in [9.17, 15) is 14.7 Å². The second kappa shape index (κ2) is 8.74. The van der Waals surface area contributed by atoms with Gasteiger partial charge in [-0.05, 0) is 47.1 Å². The Labute approximate surface area is 144 Å². The smallest absolute Gasteiger partial charge is 0.311 e. The molecular formula is C18H30O6. The van der Waals surface area contributed by atoms with Crippen LogP contribution in [0.25, 0.3) is 0 Å². The number of esters is 1. The molecule has 6 heteroatoms. The molecule has 0 aromatic heterocycles. The van der Waals surface area contributed by atoms with Crippen LogP contribution in [-0.4, -0.2) is 48.1 Å². The number of carbonyl (C=O) groups is 2. The van der Waals surface area contributed by atoms with Gasteiger partial charge in [0, 0.05) is 5.57 Å². The maximum Gasteiger partial charge on any atom is 0.311 e. The average molecular weight is 342 g/mol. The van der Waals surface area contributed by atoms with E-state index in [0.717, 1.165) is 6.42 Å². The van der Waals surface area contributed by atoms with Crippen LogP contribution in [0.3, 0.4) is 0 Å². The van der Waals surface area contributed by atoms with Crippen LogP contribution in [0.2, 0.25) is 0 Å². The van der Waals surface area contributed by atoms with Gasteiger partial charge in [-0.2, -0.15) is 0 Å². The predicted molar refractivity (Wildman–Crippen MR) is 89.3 cm³/mol. The summed E-state index contributed by atoms with van der Waals surface area (Å²) >= 11 is 0. The molecule has 138 valence electrons. The van der Waals surface area contributed by atoms with Gasteiger partial charge in [0.05, 0.1) is 17.6 Å². The molecule has 0 unspecified atom stereocenters. The van der Waals surface area contributed by atoms with E-state index in [1.807, 2.05) is 20.8 Å². The standard InChI is InChI=1S/C18H30O6/c1-7-8-13(19)12-9-15(23-11(2)3)24-14(16(12)20)10-22-17(21)18(4,5)6/h9,11,13-15,19H,7-8,10H2,1-6H3/t13-,14-,15+/m1/s1. The van der Waals surface area contributed by atoms with E-state index in [4.69, 9.17) is 14.2 Å². The first-order chi connectivity index (χ1) is 11.1. The maximum absolute atomic E-state index is 12.5. The number of hydrogen-bond acceptors (Lipinski definition) is 6. The summed E-state index contributed by atoms with van der Waals surface area (Å²) in [5.74, 6) is -0.772. The molecule has 0 saturated heterocycles. The number of carbonyl (C=O) groups excluding carboxylic acids is 2. The van der Waals surface area contributed by atoms with Gasteiger partial charge < -0.3 is 19.3 Å². The van der Waals surface area contributed by atoms with Crippen LogP contribution < -0.4 is 0 Å². The lowest BCUT2D eigenvalue weighted by Crippen LogP contribution is -2.43. The first-order valence-electron chi connectivity index (χ1n) is 8.48. The monoisotopic (exact) mass is 342 g/mol. The molecule has 0 aliphatic carbocycles. The Bertz CT molecular complexity index is 474. The largest absolute Gasteiger partial charge is 0.462 e. The van der Waals surface area contributed by atoms with E-state index in [0.29, 0.717) is 6.42 Å². The van der Waals surface area contributed by atoms with E-state index < -0.39 is 29.9 Å². The molecule has 0 aromatic carbocycles. The van der Waals surface area contributed by atoms with Gasteiger partial charge in [-0.3, -0.25) is 9.59 Å². The van der Waals surface area contributed by atoms with E-state index in [-0.39, 0.29) is 24.1 Å². The van der Waals surface area contributed by atoms with Crippen molar-refractivity contribution < 1.29 is 28.9 Å². The van der Waals surface area contributed by atoms with Crippen molar-refractivity contribution in [1.82, 2.24) is 0 Å². The molecule has 3 atom stereocenters.